The maximum Gasteiger partial charge on any atom is 0.345 e. The van der Waals surface area contributed by atoms with Gasteiger partial charge in [0.15, 0.2) is 0 Å². The van der Waals surface area contributed by atoms with Gasteiger partial charge < -0.3 is 18.9 Å². The van der Waals surface area contributed by atoms with Crippen LogP contribution in [-0.4, -0.2) is 38.9 Å². The molecule has 0 bridgehead atoms. The number of rotatable bonds is 6. The molecular weight excluding hydrogens is 300 g/mol. The summed E-state index contributed by atoms with van der Waals surface area (Å²) in [5.74, 6) is -0.173. The molecule has 0 atom stereocenters. The van der Waals surface area contributed by atoms with Crippen LogP contribution in [-0.2, 0) is 25.5 Å². The lowest BCUT2D eigenvalue weighted by Gasteiger charge is -2.10. The van der Waals surface area contributed by atoms with Crippen LogP contribution >= 0.6 is 0 Å². The molecule has 1 aromatic rings. The molecule has 1 aliphatic heterocycles. The van der Waals surface area contributed by atoms with Gasteiger partial charge in [-0.1, -0.05) is 0 Å². The van der Waals surface area contributed by atoms with Crippen molar-refractivity contribution in [3.63, 3.8) is 0 Å². The van der Waals surface area contributed by atoms with Crippen LogP contribution in [0.1, 0.15) is 25.0 Å². The first-order valence-electron chi connectivity index (χ1n) is 7.50. The molecule has 0 radical (unpaired) electrons. The van der Waals surface area contributed by atoms with E-state index in [1.54, 1.807) is 19.9 Å². The van der Waals surface area contributed by atoms with Crippen molar-refractivity contribution in [1.82, 2.24) is 0 Å². The topological polar surface area (TPSA) is 71.1 Å². The van der Waals surface area contributed by atoms with E-state index in [9.17, 15) is 9.59 Å². The Balaban J connectivity index is 2.45. The summed E-state index contributed by atoms with van der Waals surface area (Å²) in [6, 6.07) is 3.60. The van der Waals surface area contributed by atoms with Gasteiger partial charge in [0.05, 0.1) is 26.9 Å². The third-order valence-electron chi connectivity index (χ3n) is 3.33. The minimum atomic E-state index is -0.727. The van der Waals surface area contributed by atoms with Crippen LogP contribution in [0, 0.1) is 0 Å². The van der Waals surface area contributed by atoms with Crippen molar-refractivity contribution < 1.29 is 28.5 Å². The van der Waals surface area contributed by atoms with Gasteiger partial charge in [-0.25, -0.2) is 9.59 Å². The van der Waals surface area contributed by atoms with Crippen LogP contribution in [0.15, 0.2) is 17.7 Å². The molecule has 0 unspecified atom stereocenters. The molecule has 1 aromatic carbocycles. The average Bonchev–Trinajstić information content (AvgIpc) is 2.99. The molecule has 0 amide bonds. The number of ether oxygens (including phenoxy) is 4. The maximum atomic E-state index is 12.0. The Morgan fingerprint density at radius 3 is 2.39 bits per heavy atom. The first-order valence-corrected chi connectivity index (χ1v) is 7.50. The van der Waals surface area contributed by atoms with Crippen molar-refractivity contribution in [2.75, 3.05) is 26.9 Å². The lowest BCUT2D eigenvalue weighted by Crippen LogP contribution is -2.18. The second kappa shape index (κ2) is 7.67. The van der Waals surface area contributed by atoms with Gasteiger partial charge in [-0.2, -0.15) is 0 Å². The monoisotopic (exact) mass is 320 g/mol. The van der Waals surface area contributed by atoms with E-state index in [4.69, 9.17) is 18.9 Å². The van der Waals surface area contributed by atoms with Gasteiger partial charge in [-0.15, -0.1) is 0 Å². The number of hydrogen-bond acceptors (Lipinski definition) is 6. The average molecular weight is 320 g/mol. The molecule has 1 aliphatic rings. The number of hydrogen-bond donors (Lipinski definition) is 0. The molecular formula is C17H20O6. The molecule has 0 spiro atoms. The summed E-state index contributed by atoms with van der Waals surface area (Å²) in [5.41, 5.74) is 1.42. The Bertz CT molecular complexity index is 612. The zero-order valence-corrected chi connectivity index (χ0v) is 13.5. The summed E-state index contributed by atoms with van der Waals surface area (Å²) in [6.07, 6.45) is 2.22. The van der Waals surface area contributed by atoms with Crippen molar-refractivity contribution >= 4 is 18.0 Å². The number of esters is 2. The third kappa shape index (κ3) is 3.83. The Kier molecular flexibility index (Phi) is 5.62. The largest absolute Gasteiger partial charge is 0.496 e. The van der Waals surface area contributed by atoms with Crippen LogP contribution in [0.4, 0.5) is 0 Å². The molecule has 1 heterocycles. The molecule has 0 saturated carbocycles. The van der Waals surface area contributed by atoms with E-state index in [1.165, 1.54) is 13.2 Å². The van der Waals surface area contributed by atoms with Crippen LogP contribution in [0.2, 0.25) is 0 Å². The van der Waals surface area contributed by atoms with E-state index < -0.39 is 11.9 Å². The number of benzene rings is 1. The highest BCUT2D eigenvalue weighted by molar-refractivity contribution is 6.17. The summed E-state index contributed by atoms with van der Waals surface area (Å²) in [5, 5.41) is 0. The van der Waals surface area contributed by atoms with Gasteiger partial charge >= 0.3 is 11.9 Å². The maximum absolute atomic E-state index is 12.0. The van der Waals surface area contributed by atoms with Gasteiger partial charge in [-0.3, -0.25) is 0 Å². The summed E-state index contributed by atoms with van der Waals surface area (Å²) in [7, 11) is 1.53. The van der Waals surface area contributed by atoms with Gasteiger partial charge in [0.25, 0.3) is 0 Å². The molecule has 124 valence electrons. The Morgan fingerprint density at radius 1 is 1.17 bits per heavy atom. The fraction of sp³-hybridized carbons (Fsp3) is 0.412. The van der Waals surface area contributed by atoms with Crippen molar-refractivity contribution in [1.29, 1.82) is 0 Å². The molecule has 6 nitrogen and oxygen atoms in total. The highest BCUT2D eigenvalue weighted by atomic mass is 16.6. The highest BCUT2D eigenvalue weighted by Gasteiger charge is 2.23. The molecule has 6 heteroatoms. The Hall–Kier alpha value is -2.50. The number of fused-ring (bicyclic) bond motifs is 1. The fourth-order valence-electron chi connectivity index (χ4n) is 2.28. The third-order valence-corrected chi connectivity index (χ3v) is 3.33. The molecule has 2 rings (SSSR count). The fourth-order valence-corrected chi connectivity index (χ4v) is 2.28. The molecule has 0 fully saturated rings. The Labute approximate surface area is 135 Å². The van der Waals surface area contributed by atoms with E-state index in [1.807, 2.05) is 6.07 Å². The number of methoxy groups -OCH3 is 1. The summed E-state index contributed by atoms with van der Waals surface area (Å²) in [4.78, 5) is 24.1. The molecule has 23 heavy (non-hydrogen) atoms. The zero-order valence-electron chi connectivity index (χ0n) is 13.5. The lowest BCUT2D eigenvalue weighted by atomic mass is 10.1. The summed E-state index contributed by atoms with van der Waals surface area (Å²) < 4.78 is 20.7. The molecule has 0 saturated heterocycles. The van der Waals surface area contributed by atoms with E-state index in [2.05, 4.69) is 0 Å². The summed E-state index contributed by atoms with van der Waals surface area (Å²) >= 11 is 0. The SMILES string of the molecule is CCOC(=O)C(=Cc1cc2c(cc1OC)CCO2)C(=O)OCC. The van der Waals surface area contributed by atoms with Gasteiger partial charge in [0, 0.05) is 17.5 Å². The van der Waals surface area contributed by atoms with Gasteiger partial charge in [-0.05, 0) is 32.1 Å². The van der Waals surface area contributed by atoms with Crippen LogP contribution in [0.3, 0.4) is 0 Å². The molecule has 0 aromatic heterocycles. The van der Waals surface area contributed by atoms with Crippen molar-refractivity contribution in [2.24, 2.45) is 0 Å². The molecule has 0 N–H and O–H groups in total. The first-order chi connectivity index (χ1) is 11.1. The smallest absolute Gasteiger partial charge is 0.345 e. The Morgan fingerprint density at radius 2 is 1.83 bits per heavy atom. The van der Waals surface area contributed by atoms with Gasteiger partial charge in [0.1, 0.15) is 17.1 Å². The predicted octanol–water partition coefficient (Wildman–Crippen LogP) is 2.14. The number of carbonyl (C=O) groups is 2. The van der Waals surface area contributed by atoms with E-state index in [0.29, 0.717) is 17.9 Å². The second-order valence-corrected chi connectivity index (χ2v) is 4.80. The van der Waals surface area contributed by atoms with E-state index in [0.717, 1.165) is 17.7 Å². The zero-order chi connectivity index (χ0) is 16.8. The minimum Gasteiger partial charge on any atom is -0.496 e. The van der Waals surface area contributed by atoms with Crippen molar-refractivity contribution in [2.45, 2.75) is 20.3 Å². The molecule has 0 aliphatic carbocycles. The van der Waals surface area contributed by atoms with E-state index in [-0.39, 0.29) is 18.8 Å². The second-order valence-electron chi connectivity index (χ2n) is 4.80. The minimum absolute atomic E-state index is 0.167. The predicted molar refractivity (Wildman–Crippen MR) is 83.4 cm³/mol. The van der Waals surface area contributed by atoms with Crippen LogP contribution in [0.5, 0.6) is 11.5 Å². The first kappa shape index (κ1) is 16.9. The highest BCUT2D eigenvalue weighted by Crippen LogP contribution is 2.34. The van der Waals surface area contributed by atoms with E-state index >= 15 is 0 Å². The van der Waals surface area contributed by atoms with Crippen molar-refractivity contribution in [3.05, 3.63) is 28.8 Å². The lowest BCUT2D eigenvalue weighted by molar-refractivity contribution is -0.146. The number of carbonyl (C=O) groups excluding carboxylic acids is 2. The van der Waals surface area contributed by atoms with Gasteiger partial charge in [0.2, 0.25) is 0 Å². The van der Waals surface area contributed by atoms with Crippen molar-refractivity contribution in [3.8, 4) is 11.5 Å². The van der Waals surface area contributed by atoms with Crippen LogP contribution < -0.4 is 9.47 Å². The normalized spacial score (nSPS) is 12.0. The van der Waals surface area contributed by atoms with Crippen LogP contribution in [0.25, 0.3) is 6.08 Å². The quantitative estimate of drug-likeness (QED) is 0.346. The summed E-state index contributed by atoms with van der Waals surface area (Å²) in [6.45, 7) is 4.28. The standard InChI is InChI=1S/C17H20O6/c1-4-21-16(18)13(17(19)22-5-2)8-12-10-15-11(6-7-23-15)9-14(12)20-3/h8-10H,4-7H2,1-3H3.